The Kier molecular flexibility index (Phi) is 2.74. The summed E-state index contributed by atoms with van der Waals surface area (Å²) in [6.45, 7) is 1.08. The number of nitrogens with one attached hydrogen (secondary N) is 1. The second-order valence-electron chi connectivity index (χ2n) is 6.44. The van der Waals surface area contributed by atoms with Crippen molar-refractivity contribution in [3.05, 3.63) is 48.2 Å². The molecule has 2 aromatic heterocycles. The van der Waals surface area contributed by atoms with Crippen molar-refractivity contribution in [2.75, 3.05) is 0 Å². The number of benzene rings is 2. The van der Waals surface area contributed by atoms with Crippen molar-refractivity contribution in [1.29, 1.82) is 5.26 Å². The number of aromatic amines is 1. The van der Waals surface area contributed by atoms with Crippen molar-refractivity contribution in [2.24, 2.45) is 5.92 Å². The molecule has 116 valence electrons. The Bertz CT molecular complexity index is 1110. The first-order valence-corrected chi connectivity index (χ1v) is 8.17. The summed E-state index contributed by atoms with van der Waals surface area (Å²) in [7, 11) is 0. The predicted molar refractivity (Wildman–Crippen MR) is 92.3 cm³/mol. The first kappa shape index (κ1) is 13.3. The molecule has 0 unspecified atom stereocenters. The van der Waals surface area contributed by atoms with Crippen LogP contribution in [0.4, 0.5) is 0 Å². The molecule has 5 nitrogen and oxygen atoms in total. The highest BCUT2D eigenvalue weighted by atomic mass is 15.3. The molecule has 0 spiro atoms. The maximum absolute atomic E-state index is 9.19. The summed E-state index contributed by atoms with van der Waals surface area (Å²) in [4.78, 5) is 0. The van der Waals surface area contributed by atoms with E-state index in [4.69, 9.17) is 0 Å². The molecule has 1 aliphatic rings. The maximum Gasteiger partial charge on any atom is 0.190 e. The first-order valence-electron chi connectivity index (χ1n) is 8.17. The van der Waals surface area contributed by atoms with E-state index >= 15 is 0 Å². The van der Waals surface area contributed by atoms with E-state index in [0.717, 1.165) is 18.0 Å². The molecule has 4 aromatic rings. The average molecular weight is 313 g/mol. The van der Waals surface area contributed by atoms with Crippen LogP contribution >= 0.6 is 0 Å². The lowest BCUT2D eigenvalue weighted by molar-refractivity contribution is 0.664. The Morgan fingerprint density at radius 3 is 2.75 bits per heavy atom. The standard InChI is InChI=1S/C19H15N5/c20-10-16-19(22-23-21-16)13-7-8-18-15(9-13)14-3-1-2-4-17(14)24(18)11-12-5-6-12/h1-4,7-9,12H,5-6,11H2,(H,21,22,23). The lowest BCUT2D eigenvalue weighted by atomic mass is 10.1. The second-order valence-corrected chi connectivity index (χ2v) is 6.44. The van der Waals surface area contributed by atoms with Crippen LogP contribution in [0.25, 0.3) is 33.1 Å². The number of rotatable bonds is 3. The molecule has 0 aliphatic heterocycles. The van der Waals surface area contributed by atoms with Gasteiger partial charge in [-0.15, -0.1) is 5.10 Å². The third-order valence-corrected chi connectivity index (χ3v) is 4.84. The lowest BCUT2D eigenvalue weighted by Gasteiger charge is -2.06. The van der Waals surface area contributed by atoms with E-state index in [1.807, 2.05) is 6.07 Å². The summed E-state index contributed by atoms with van der Waals surface area (Å²) in [5.74, 6) is 0.810. The zero-order chi connectivity index (χ0) is 16.1. The lowest BCUT2D eigenvalue weighted by Crippen LogP contribution is -1.98. The Morgan fingerprint density at radius 1 is 1.08 bits per heavy atom. The van der Waals surface area contributed by atoms with Gasteiger partial charge in [0.1, 0.15) is 11.8 Å². The Hall–Kier alpha value is -3.13. The highest BCUT2D eigenvalue weighted by Gasteiger charge is 2.24. The molecule has 1 saturated carbocycles. The summed E-state index contributed by atoms with van der Waals surface area (Å²) in [5, 5.41) is 22.2. The van der Waals surface area contributed by atoms with E-state index in [-0.39, 0.29) is 0 Å². The van der Waals surface area contributed by atoms with Crippen LogP contribution in [0.5, 0.6) is 0 Å². The maximum atomic E-state index is 9.19. The van der Waals surface area contributed by atoms with E-state index in [1.54, 1.807) is 0 Å². The second kappa shape index (κ2) is 4.93. The summed E-state index contributed by atoms with van der Waals surface area (Å²) >= 11 is 0. The molecule has 0 radical (unpaired) electrons. The fourth-order valence-electron chi connectivity index (χ4n) is 3.47. The minimum Gasteiger partial charge on any atom is -0.340 e. The Morgan fingerprint density at radius 2 is 1.92 bits per heavy atom. The van der Waals surface area contributed by atoms with Crippen LogP contribution < -0.4 is 0 Å². The average Bonchev–Trinajstić information content (AvgIpc) is 3.22. The van der Waals surface area contributed by atoms with Crippen LogP contribution in [-0.2, 0) is 6.54 Å². The van der Waals surface area contributed by atoms with Gasteiger partial charge in [0.25, 0.3) is 0 Å². The third kappa shape index (κ3) is 1.93. The molecule has 1 N–H and O–H groups in total. The fraction of sp³-hybridized carbons (Fsp3) is 0.211. The van der Waals surface area contributed by atoms with E-state index in [9.17, 15) is 5.26 Å². The van der Waals surface area contributed by atoms with Gasteiger partial charge in [-0.25, -0.2) is 0 Å². The van der Waals surface area contributed by atoms with Gasteiger partial charge >= 0.3 is 0 Å². The van der Waals surface area contributed by atoms with Crippen LogP contribution in [0.1, 0.15) is 18.5 Å². The zero-order valence-corrected chi connectivity index (χ0v) is 13.0. The van der Waals surface area contributed by atoms with E-state index in [1.165, 1.54) is 34.6 Å². The number of nitriles is 1. The van der Waals surface area contributed by atoms with Crippen LogP contribution in [0, 0.1) is 17.2 Å². The van der Waals surface area contributed by atoms with Gasteiger partial charge in [-0.1, -0.05) is 24.3 Å². The summed E-state index contributed by atoms with van der Waals surface area (Å²) in [6, 6.07) is 16.9. The number of aromatic nitrogens is 4. The van der Waals surface area contributed by atoms with Crippen LogP contribution in [0.2, 0.25) is 0 Å². The summed E-state index contributed by atoms with van der Waals surface area (Å²) in [5.41, 5.74) is 4.38. The van der Waals surface area contributed by atoms with Gasteiger partial charge in [0.15, 0.2) is 5.69 Å². The molecule has 0 bridgehead atoms. The van der Waals surface area contributed by atoms with Crippen molar-refractivity contribution in [3.63, 3.8) is 0 Å². The minimum atomic E-state index is 0.330. The van der Waals surface area contributed by atoms with Crippen molar-refractivity contribution < 1.29 is 0 Å². The SMILES string of the molecule is N#Cc1n[nH]nc1-c1ccc2c(c1)c1ccccc1n2CC1CC1. The molecular formula is C19H15N5. The van der Waals surface area contributed by atoms with Crippen LogP contribution in [-0.4, -0.2) is 20.0 Å². The number of para-hydroxylation sites is 1. The largest absolute Gasteiger partial charge is 0.340 e. The van der Waals surface area contributed by atoms with Gasteiger partial charge in [-0.05, 0) is 37.0 Å². The summed E-state index contributed by atoms with van der Waals surface area (Å²) < 4.78 is 2.43. The van der Waals surface area contributed by atoms with E-state index < -0.39 is 0 Å². The first-order chi connectivity index (χ1) is 11.8. The molecule has 5 rings (SSSR count). The van der Waals surface area contributed by atoms with Crippen molar-refractivity contribution in [2.45, 2.75) is 19.4 Å². The molecule has 2 heterocycles. The Balaban J connectivity index is 1.78. The van der Waals surface area contributed by atoms with Gasteiger partial charge < -0.3 is 4.57 Å². The number of hydrogen-bond donors (Lipinski definition) is 1. The predicted octanol–water partition coefficient (Wildman–Crippen LogP) is 3.86. The summed E-state index contributed by atoms with van der Waals surface area (Å²) in [6.07, 6.45) is 2.66. The number of H-pyrrole nitrogens is 1. The smallest absolute Gasteiger partial charge is 0.190 e. The molecule has 1 aliphatic carbocycles. The van der Waals surface area contributed by atoms with Gasteiger partial charge in [0.05, 0.1) is 0 Å². The molecule has 1 fully saturated rings. The van der Waals surface area contributed by atoms with Gasteiger partial charge in [-0.2, -0.15) is 15.6 Å². The van der Waals surface area contributed by atoms with Crippen molar-refractivity contribution >= 4 is 21.8 Å². The van der Waals surface area contributed by atoms with Gasteiger partial charge in [0.2, 0.25) is 0 Å². The zero-order valence-electron chi connectivity index (χ0n) is 13.0. The minimum absolute atomic E-state index is 0.330. The molecule has 0 atom stereocenters. The molecular weight excluding hydrogens is 298 g/mol. The molecule has 0 saturated heterocycles. The normalized spacial score (nSPS) is 14.3. The fourth-order valence-corrected chi connectivity index (χ4v) is 3.47. The molecule has 24 heavy (non-hydrogen) atoms. The van der Waals surface area contributed by atoms with Gasteiger partial charge in [-0.3, -0.25) is 0 Å². The van der Waals surface area contributed by atoms with E-state index in [2.05, 4.69) is 62.4 Å². The monoisotopic (exact) mass is 313 g/mol. The number of hydrogen-bond acceptors (Lipinski definition) is 3. The molecule has 2 aromatic carbocycles. The topological polar surface area (TPSA) is 70.3 Å². The number of fused-ring (bicyclic) bond motifs is 3. The highest BCUT2D eigenvalue weighted by Crippen LogP contribution is 2.37. The van der Waals surface area contributed by atoms with Crippen LogP contribution in [0.15, 0.2) is 42.5 Å². The van der Waals surface area contributed by atoms with Crippen molar-refractivity contribution in [1.82, 2.24) is 20.0 Å². The third-order valence-electron chi connectivity index (χ3n) is 4.84. The van der Waals surface area contributed by atoms with Gasteiger partial charge in [0, 0.05) is 33.9 Å². The quantitative estimate of drug-likeness (QED) is 0.624. The highest BCUT2D eigenvalue weighted by molar-refractivity contribution is 6.09. The molecule has 0 amide bonds. The molecule has 5 heteroatoms. The van der Waals surface area contributed by atoms with Crippen LogP contribution in [0.3, 0.4) is 0 Å². The number of nitrogens with zero attached hydrogens (tertiary/aromatic N) is 4. The Labute approximate surface area is 138 Å². The van der Waals surface area contributed by atoms with E-state index in [0.29, 0.717) is 11.4 Å². The van der Waals surface area contributed by atoms with Crippen molar-refractivity contribution in [3.8, 4) is 17.3 Å².